The van der Waals surface area contributed by atoms with Gasteiger partial charge in [-0.15, -0.1) is 11.3 Å². The van der Waals surface area contributed by atoms with Gasteiger partial charge in [-0.25, -0.2) is 9.67 Å². The molecule has 0 spiro atoms. The first-order valence-electron chi connectivity index (χ1n) is 8.61. The van der Waals surface area contributed by atoms with Crippen molar-refractivity contribution in [1.29, 1.82) is 0 Å². The van der Waals surface area contributed by atoms with Crippen molar-refractivity contribution < 1.29 is 4.79 Å². The Balaban J connectivity index is 1.38. The van der Waals surface area contributed by atoms with Crippen LogP contribution in [0.1, 0.15) is 18.5 Å². The highest BCUT2D eigenvalue weighted by Gasteiger charge is 2.16. The van der Waals surface area contributed by atoms with Crippen LogP contribution in [0.4, 0.5) is 5.13 Å². The number of carbonyl (C=O) groups excluding carboxylic acids is 1. The van der Waals surface area contributed by atoms with E-state index in [2.05, 4.69) is 20.3 Å². The van der Waals surface area contributed by atoms with Crippen molar-refractivity contribution in [2.45, 2.75) is 25.9 Å². The lowest BCUT2D eigenvalue weighted by molar-refractivity contribution is -0.122. The van der Waals surface area contributed by atoms with Crippen LogP contribution in [0.5, 0.6) is 0 Å². The molecule has 0 radical (unpaired) electrons. The molecule has 4 rings (SSSR count). The molecule has 0 aliphatic carbocycles. The van der Waals surface area contributed by atoms with E-state index in [4.69, 9.17) is 0 Å². The van der Waals surface area contributed by atoms with Gasteiger partial charge in [0.1, 0.15) is 6.54 Å². The minimum Gasteiger partial charge on any atom is -0.349 e. The van der Waals surface area contributed by atoms with Crippen molar-refractivity contribution >= 4 is 33.1 Å². The molecule has 0 atom stereocenters. The van der Waals surface area contributed by atoms with Gasteiger partial charge in [0.15, 0.2) is 5.13 Å². The first kappa shape index (κ1) is 16.7. The third-order valence-corrected chi connectivity index (χ3v) is 5.39. The highest BCUT2D eigenvalue weighted by Crippen LogP contribution is 2.24. The Labute approximate surface area is 154 Å². The van der Waals surface area contributed by atoms with E-state index < -0.39 is 0 Å². The molecule has 2 aromatic heterocycles. The highest BCUT2D eigenvalue weighted by atomic mass is 32.1. The number of fused-ring (bicyclic) bond motifs is 1. The summed E-state index contributed by atoms with van der Waals surface area (Å²) < 4.78 is 1.19. The predicted molar refractivity (Wildman–Crippen MR) is 101 cm³/mol. The zero-order valence-corrected chi connectivity index (χ0v) is 15.0. The Hall–Kier alpha value is -2.74. The Kier molecular flexibility index (Phi) is 4.66. The molecule has 0 saturated carbocycles. The number of carbonyl (C=O) groups is 1. The van der Waals surface area contributed by atoms with Gasteiger partial charge in [0.2, 0.25) is 5.91 Å². The first-order chi connectivity index (χ1) is 12.7. The highest BCUT2D eigenvalue weighted by molar-refractivity contribution is 7.13. The Morgan fingerprint density at radius 2 is 2.04 bits per heavy atom. The second-order valence-electron chi connectivity index (χ2n) is 6.29. The second-order valence-corrected chi connectivity index (χ2v) is 7.12. The van der Waals surface area contributed by atoms with Crippen LogP contribution in [0.25, 0.3) is 10.8 Å². The average Bonchev–Trinajstić information content (AvgIpc) is 3.34. The van der Waals surface area contributed by atoms with Gasteiger partial charge in [-0.1, -0.05) is 18.2 Å². The molecule has 1 N–H and O–H groups in total. The lowest BCUT2D eigenvalue weighted by atomic mass is 10.2. The number of aromatic nitrogens is 3. The van der Waals surface area contributed by atoms with E-state index >= 15 is 0 Å². The van der Waals surface area contributed by atoms with Gasteiger partial charge >= 0.3 is 0 Å². The summed E-state index contributed by atoms with van der Waals surface area (Å²) >= 11 is 1.60. The minimum atomic E-state index is -0.261. The van der Waals surface area contributed by atoms with Gasteiger partial charge in [0.05, 0.1) is 23.8 Å². The number of nitrogens with zero attached hydrogens (tertiary/aromatic N) is 4. The topological polar surface area (TPSA) is 80.1 Å². The van der Waals surface area contributed by atoms with E-state index in [9.17, 15) is 9.59 Å². The fourth-order valence-electron chi connectivity index (χ4n) is 3.05. The standard InChI is InChI=1S/C18H19N5O2S/c24-16(11-23-17(25)15-6-2-1-5-13(15)9-20-23)19-10-14-12-26-18(21-14)22-7-3-4-8-22/h1-2,5-6,9,12H,3-4,7-8,10-11H2,(H,19,24). The number of anilines is 1. The van der Waals surface area contributed by atoms with Crippen molar-refractivity contribution in [1.82, 2.24) is 20.1 Å². The summed E-state index contributed by atoms with van der Waals surface area (Å²) in [7, 11) is 0. The van der Waals surface area contributed by atoms with Crippen LogP contribution in [-0.4, -0.2) is 33.8 Å². The lowest BCUT2D eigenvalue weighted by Gasteiger charge is -2.12. The molecule has 8 heteroatoms. The zero-order chi connectivity index (χ0) is 17.9. The lowest BCUT2D eigenvalue weighted by Crippen LogP contribution is -2.33. The van der Waals surface area contributed by atoms with Crippen molar-refractivity contribution in [3.8, 4) is 0 Å². The van der Waals surface area contributed by atoms with E-state index in [1.807, 2.05) is 17.5 Å². The maximum Gasteiger partial charge on any atom is 0.275 e. The molecule has 1 aliphatic heterocycles. The van der Waals surface area contributed by atoms with Crippen LogP contribution in [0, 0.1) is 0 Å². The van der Waals surface area contributed by atoms with Crippen LogP contribution in [0.3, 0.4) is 0 Å². The number of amides is 1. The smallest absolute Gasteiger partial charge is 0.275 e. The average molecular weight is 369 g/mol. The molecule has 134 valence electrons. The quantitative estimate of drug-likeness (QED) is 0.741. The fourth-order valence-corrected chi connectivity index (χ4v) is 3.93. The molecular weight excluding hydrogens is 350 g/mol. The van der Waals surface area contributed by atoms with Gasteiger partial charge in [0, 0.05) is 23.9 Å². The van der Waals surface area contributed by atoms with E-state index in [1.54, 1.807) is 29.7 Å². The van der Waals surface area contributed by atoms with Crippen LogP contribution >= 0.6 is 11.3 Å². The van der Waals surface area contributed by atoms with Crippen LogP contribution < -0.4 is 15.8 Å². The SMILES string of the molecule is O=C(Cn1ncc2ccccc2c1=O)NCc1csc(N2CCCC2)n1. The van der Waals surface area contributed by atoms with Gasteiger partial charge < -0.3 is 10.2 Å². The molecule has 1 aliphatic rings. The number of thiazole rings is 1. The van der Waals surface area contributed by atoms with Gasteiger partial charge in [-0.2, -0.15) is 5.10 Å². The summed E-state index contributed by atoms with van der Waals surface area (Å²) in [5, 5.41) is 11.2. The molecule has 3 heterocycles. The van der Waals surface area contributed by atoms with Crippen LogP contribution in [0.2, 0.25) is 0 Å². The Bertz CT molecular complexity index is 990. The fraction of sp³-hybridized carbons (Fsp3) is 0.333. The maximum absolute atomic E-state index is 12.4. The summed E-state index contributed by atoms with van der Waals surface area (Å²) in [4.78, 5) is 31.4. The zero-order valence-electron chi connectivity index (χ0n) is 14.2. The number of hydrogen-bond donors (Lipinski definition) is 1. The molecule has 26 heavy (non-hydrogen) atoms. The Morgan fingerprint density at radius 1 is 1.23 bits per heavy atom. The summed E-state index contributed by atoms with van der Waals surface area (Å²) in [6.07, 6.45) is 4.02. The third-order valence-electron chi connectivity index (χ3n) is 4.44. The van der Waals surface area contributed by atoms with Crippen molar-refractivity contribution in [2.75, 3.05) is 18.0 Å². The first-order valence-corrected chi connectivity index (χ1v) is 9.49. The predicted octanol–water partition coefficient (Wildman–Crippen LogP) is 1.77. The van der Waals surface area contributed by atoms with Gasteiger partial charge in [-0.05, 0) is 18.9 Å². The monoisotopic (exact) mass is 369 g/mol. The number of rotatable bonds is 5. The van der Waals surface area contributed by atoms with Crippen molar-refractivity contribution in [3.63, 3.8) is 0 Å². The van der Waals surface area contributed by atoms with E-state index in [1.165, 1.54) is 17.5 Å². The molecule has 0 bridgehead atoms. The number of hydrogen-bond acceptors (Lipinski definition) is 6. The number of benzene rings is 1. The largest absolute Gasteiger partial charge is 0.349 e. The van der Waals surface area contributed by atoms with Crippen LogP contribution in [0.15, 0.2) is 40.6 Å². The number of nitrogens with one attached hydrogen (secondary N) is 1. The molecule has 1 amide bonds. The summed E-state index contributed by atoms with van der Waals surface area (Å²) in [5.41, 5.74) is 0.576. The van der Waals surface area contributed by atoms with E-state index in [0.29, 0.717) is 11.9 Å². The summed E-state index contributed by atoms with van der Waals surface area (Å²) in [6.45, 7) is 2.35. The minimum absolute atomic E-state index is 0.104. The third kappa shape index (κ3) is 3.45. The molecule has 1 saturated heterocycles. The second kappa shape index (κ2) is 7.25. The molecular formula is C18H19N5O2S. The molecule has 3 aromatic rings. The van der Waals surface area contributed by atoms with Crippen molar-refractivity contribution in [3.05, 3.63) is 51.9 Å². The van der Waals surface area contributed by atoms with Crippen molar-refractivity contribution in [2.24, 2.45) is 0 Å². The molecule has 1 fully saturated rings. The molecule has 1 aromatic carbocycles. The van der Waals surface area contributed by atoms with Gasteiger partial charge in [-0.3, -0.25) is 9.59 Å². The molecule has 7 nitrogen and oxygen atoms in total. The Morgan fingerprint density at radius 3 is 2.88 bits per heavy atom. The van der Waals surface area contributed by atoms with Gasteiger partial charge in [0.25, 0.3) is 5.56 Å². The normalized spacial score (nSPS) is 14.1. The van der Waals surface area contributed by atoms with Crippen LogP contribution in [-0.2, 0) is 17.9 Å². The summed E-state index contributed by atoms with van der Waals surface area (Å²) in [6, 6.07) is 7.22. The van der Waals surface area contributed by atoms with E-state index in [0.717, 1.165) is 29.3 Å². The summed E-state index contributed by atoms with van der Waals surface area (Å²) in [5.74, 6) is -0.259. The van der Waals surface area contributed by atoms with E-state index in [-0.39, 0.29) is 18.0 Å². The molecule has 0 unspecified atom stereocenters. The maximum atomic E-state index is 12.4.